The number of aryl methyl sites for hydroxylation is 1. The molecule has 6 nitrogen and oxygen atoms in total. The molecule has 6 heteroatoms. The van der Waals surface area contributed by atoms with Crippen LogP contribution in [0.15, 0.2) is 18.3 Å². The van der Waals surface area contributed by atoms with Gasteiger partial charge in [-0.05, 0) is 25.0 Å². The number of carbonyl (C=O) groups excluding carboxylic acids is 1. The summed E-state index contributed by atoms with van der Waals surface area (Å²) in [5.74, 6) is -2.11. The molecule has 2 aromatic rings. The Hall–Kier alpha value is -2.37. The van der Waals surface area contributed by atoms with Gasteiger partial charge in [0.2, 0.25) is 5.91 Å². The Balaban J connectivity index is 1.83. The molecule has 0 saturated heterocycles. The molecule has 2 atom stereocenters. The molecule has 1 fully saturated rings. The van der Waals surface area contributed by atoms with E-state index in [1.807, 2.05) is 13.0 Å². The van der Waals surface area contributed by atoms with Crippen molar-refractivity contribution in [1.29, 1.82) is 0 Å². The van der Waals surface area contributed by atoms with Crippen molar-refractivity contribution in [2.75, 3.05) is 5.32 Å². The van der Waals surface area contributed by atoms with Gasteiger partial charge in [0, 0.05) is 5.39 Å². The maximum atomic E-state index is 11.9. The standard InChI is InChI=1S/C13H13N3O3/c1-6-2-3-10(11-9(6)5-14-16-11)15-12(17)7-4-8(7)13(18)19/h2-3,5,7-8H,4H2,1H3,(H,14,16)(H,15,17)(H,18,19). The minimum Gasteiger partial charge on any atom is -0.481 e. The van der Waals surface area contributed by atoms with E-state index in [-0.39, 0.29) is 5.91 Å². The molecule has 0 radical (unpaired) electrons. The summed E-state index contributed by atoms with van der Waals surface area (Å²) in [5, 5.41) is 19.3. The van der Waals surface area contributed by atoms with Crippen LogP contribution in [-0.4, -0.2) is 27.2 Å². The van der Waals surface area contributed by atoms with Crippen molar-refractivity contribution < 1.29 is 14.7 Å². The molecular weight excluding hydrogens is 246 g/mol. The van der Waals surface area contributed by atoms with Gasteiger partial charge in [-0.3, -0.25) is 14.7 Å². The third-order valence-corrected chi connectivity index (χ3v) is 3.54. The summed E-state index contributed by atoms with van der Waals surface area (Å²) < 4.78 is 0. The number of amides is 1. The maximum absolute atomic E-state index is 11.9. The second-order valence-corrected chi connectivity index (χ2v) is 4.86. The number of aromatic nitrogens is 2. The van der Waals surface area contributed by atoms with E-state index in [0.717, 1.165) is 16.5 Å². The molecule has 0 bridgehead atoms. The molecule has 1 aromatic heterocycles. The van der Waals surface area contributed by atoms with E-state index < -0.39 is 17.8 Å². The van der Waals surface area contributed by atoms with Gasteiger partial charge in [0.05, 0.1) is 29.2 Å². The molecule has 19 heavy (non-hydrogen) atoms. The summed E-state index contributed by atoms with van der Waals surface area (Å²) in [5.41, 5.74) is 2.47. The van der Waals surface area contributed by atoms with E-state index in [1.54, 1.807) is 12.3 Å². The highest BCUT2D eigenvalue weighted by atomic mass is 16.4. The first-order valence-corrected chi connectivity index (χ1v) is 6.04. The van der Waals surface area contributed by atoms with Gasteiger partial charge in [0.15, 0.2) is 0 Å². The third kappa shape index (κ3) is 1.95. The number of carbonyl (C=O) groups is 2. The number of benzene rings is 1. The van der Waals surface area contributed by atoms with E-state index >= 15 is 0 Å². The van der Waals surface area contributed by atoms with Crippen LogP contribution in [0.2, 0.25) is 0 Å². The molecule has 1 heterocycles. The zero-order chi connectivity index (χ0) is 13.6. The lowest BCUT2D eigenvalue weighted by atomic mass is 10.1. The van der Waals surface area contributed by atoms with Crippen LogP contribution < -0.4 is 5.32 Å². The Labute approximate surface area is 108 Å². The highest BCUT2D eigenvalue weighted by Gasteiger charge is 2.48. The predicted molar refractivity (Wildman–Crippen MR) is 68.7 cm³/mol. The number of aromatic amines is 1. The molecular formula is C13H13N3O3. The summed E-state index contributed by atoms with van der Waals surface area (Å²) in [6.45, 7) is 1.96. The highest BCUT2D eigenvalue weighted by molar-refractivity contribution is 6.04. The molecule has 1 amide bonds. The second-order valence-electron chi connectivity index (χ2n) is 4.86. The van der Waals surface area contributed by atoms with Gasteiger partial charge in [0.25, 0.3) is 0 Å². The molecule has 3 rings (SSSR count). The maximum Gasteiger partial charge on any atom is 0.307 e. The van der Waals surface area contributed by atoms with E-state index in [2.05, 4.69) is 15.5 Å². The van der Waals surface area contributed by atoms with E-state index in [4.69, 9.17) is 5.11 Å². The minimum atomic E-state index is -0.907. The molecule has 2 unspecified atom stereocenters. The number of fused-ring (bicyclic) bond motifs is 1. The Morgan fingerprint density at radius 1 is 1.42 bits per heavy atom. The topological polar surface area (TPSA) is 95.1 Å². The van der Waals surface area contributed by atoms with Gasteiger partial charge >= 0.3 is 5.97 Å². The van der Waals surface area contributed by atoms with Crippen LogP contribution in [-0.2, 0) is 9.59 Å². The van der Waals surface area contributed by atoms with Gasteiger partial charge in [-0.15, -0.1) is 0 Å². The fourth-order valence-electron chi connectivity index (χ4n) is 2.26. The first kappa shape index (κ1) is 11.7. The Morgan fingerprint density at radius 3 is 2.89 bits per heavy atom. The average Bonchev–Trinajstić information content (AvgIpc) is 3.03. The van der Waals surface area contributed by atoms with Crippen LogP contribution in [0.3, 0.4) is 0 Å². The zero-order valence-corrected chi connectivity index (χ0v) is 10.3. The number of anilines is 1. The average molecular weight is 259 g/mol. The first-order chi connectivity index (χ1) is 9.08. The van der Waals surface area contributed by atoms with Crippen LogP contribution >= 0.6 is 0 Å². The number of carboxylic acid groups (broad SMARTS) is 1. The van der Waals surface area contributed by atoms with Crippen molar-refractivity contribution in [2.24, 2.45) is 11.8 Å². The van der Waals surface area contributed by atoms with Gasteiger partial charge in [-0.2, -0.15) is 5.10 Å². The van der Waals surface area contributed by atoms with Crippen molar-refractivity contribution in [3.8, 4) is 0 Å². The smallest absolute Gasteiger partial charge is 0.307 e. The lowest BCUT2D eigenvalue weighted by molar-refractivity contribution is -0.139. The van der Waals surface area contributed by atoms with Gasteiger partial charge in [0.1, 0.15) is 0 Å². The normalized spacial score (nSPS) is 21.3. The fourth-order valence-corrected chi connectivity index (χ4v) is 2.26. The molecule has 1 aliphatic carbocycles. The zero-order valence-electron chi connectivity index (χ0n) is 10.3. The number of nitrogens with zero attached hydrogens (tertiary/aromatic N) is 1. The number of nitrogens with one attached hydrogen (secondary N) is 2. The van der Waals surface area contributed by atoms with Gasteiger partial charge in [-0.1, -0.05) is 6.07 Å². The Kier molecular flexibility index (Phi) is 2.51. The molecule has 3 N–H and O–H groups in total. The molecule has 1 aromatic carbocycles. The third-order valence-electron chi connectivity index (χ3n) is 3.54. The molecule has 1 saturated carbocycles. The number of hydrogen-bond donors (Lipinski definition) is 3. The van der Waals surface area contributed by atoms with Crippen LogP contribution in [0.1, 0.15) is 12.0 Å². The quantitative estimate of drug-likeness (QED) is 0.779. The van der Waals surface area contributed by atoms with Crippen molar-refractivity contribution in [3.05, 3.63) is 23.9 Å². The summed E-state index contributed by atoms with van der Waals surface area (Å²) in [4.78, 5) is 22.7. The van der Waals surface area contributed by atoms with Crippen LogP contribution in [0.25, 0.3) is 10.9 Å². The summed E-state index contributed by atoms with van der Waals surface area (Å²) >= 11 is 0. The summed E-state index contributed by atoms with van der Waals surface area (Å²) in [7, 11) is 0. The number of aliphatic carboxylic acids is 1. The SMILES string of the molecule is Cc1ccc(NC(=O)C2CC2C(=O)O)c2[nH]ncc12. The lowest BCUT2D eigenvalue weighted by Crippen LogP contribution is -2.17. The summed E-state index contributed by atoms with van der Waals surface area (Å²) in [6.07, 6.45) is 2.12. The van der Waals surface area contributed by atoms with Crippen LogP contribution in [0, 0.1) is 18.8 Å². The number of hydrogen-bond acceptors (Lipinski definition) is 3. The van der Waals surface area contributed by atoms with Gasteiger partial charge in [-0.25, -0.2) is 0 Å². The first-order valence-electron chi connectivity index (χ1n) is 6.04. The van der Waals surface area contributed by atoms with E-state index in [1.165, 1.54) is 0 Å². The van der Waals surface area contributed by atoms with Crippen molar-refractivity contribution in [2.45, 2.75) is 13.3 Å². The Bertz CT molecular complexity index is 677. The Morgan fingerprint density at radius 2 is 2.21 bits per heavy atom. The molecule has 0 aliphatic heterocycles. The number of H-pyrrole nitrogens is 1. The molecule has 0 spiro atoms. The monoisotopic (exact) mass is 259 g/mol. The predicted octanol–water partition coefficient (Wildman–Crippen LogP) is 1.53. The molecule has 1 aliphatic rings. The van der Waals surface area contributed by atoms with E-state index in [9.17, 15) is 9.59 Å². The number of carboxylic acids is 1. The van der Waals surface area contributed by atoms with Crippen molar-refractivity contribution >= 4 is 28.5 Å². The lowest BCUT2D eigenvalue weighted by Gasteiger charge is -2.06. The number of rotatable bonds is 3. The fraction of sp³-hybridized carbons (Fsp3) is 0.308. The highest BCUT2D eigenvalue weighted by Crippen LogP contribution is 2.39. The largest absolute Gasteiger partial charge is 0.481 e. The van der Waals surface area contributed by atoms with Crippen LogP contribution in [0.4, 0.5) is 5.69 Å². The minimum absolute atomic E-state index is 0.243. The van der Waals surface area contributed by atoms with Gasteiger partial charge < -0.3 is 10.4 Å². The molecule has 98 valence electrons. The van der Waals surface area contributed by atoms with Crippen molar-refractivity contribution in [3.63, 3.8) is 0 Å². The van der Waals surface area contributed by atoms with E-state index in [0.29, 0.717) is 12.1 Å². The second kappa shape index (κ2) is 4.08. The van der Waals surface area contributed by atoms with Crippen molar-refractivity contribution in [1.82, 2.24) is 10.2 Å². The summed E-state index contributed by atoms with van der Waals surface area (Å²) in [6, 6.07) is 3.70. The van der Waals surface area contributed by atoms with Crippen LogP contribution in [0.5, 0.6) is 0 Å².